The summed E-state index contributed by atoms with van der Waals surface area (Å²) < 4.78 is 10.9. The van der Waals surface area contributed by atoms with E-state index in [0.717, 1.165) is 23.5 Å². The van der Waals surface area contributed by atoms with Crippen LogP contribution in [-0.2, 0) is 13.0 Å². The molecule has 1 N–H and O–H groups in total. The maximum Gasteiger partial charge on any atom is 0.317 e. The van der Waals surface area contributed by atoms with Crippen molar-refractivity contribution in [2.75, 3.05) is 13.3 Å². The van der Waals surface area contributed by atoms with Gasteiger partial charge in [-0.2, -0.15) is 0 Å². The van der Waals surface area contributed by atoms with Crippen LogP contribution in [0.5, 0.6) is 11.5 Å². The molecule has 2 heterocycles. The molecule has 0 saturated carbocycles. The van der Waals surface area contributed by atoms with E-state index in [1.165, 1.54) is 5.56 Å². The van der Waals surface area contributed by atoms with Crippen LogP contribution in [0.2, 0.25) is 0 Å². The highest BCUT2D eigenvalue weighted by Crippen LogP contribution is 2.37. The van der Waals surface area contributed by atoms with Gasteiger partial charge in [-0.15, -0.1) is 0 Å². The number of ether oxygens (including phenoxy) is 2. The summed E-state index contributed by atoms with van der Waals surface area (Å²) in [4.78, 5) is 14.4. The molecule has 1 aromatic rings. The molecule has 1 unspecified atom stereocenters. The predicted octanol–water partition coefficient (Wildman–Crippen LogP) is 2.92. The second-order valence-corrected chi connectivity index (χ2v) is 7.37. The summed E-state index contributed by atoms with van der Waals surface area (Å²) in [6.07, 6.45) is 0.842. The number of carbonyl (C=O) groups excluding carboxylic acids is 1. The average Bonchev–Trinajstić information content (AvgIpc) is 2.88. The van der Waals surface area contributed by atoms with E-state index in [0.29, 0.717) is 13.1 Å². The Kier molecular flexibility index (Phi) is 3.67. The lowest BCUT2D eigenvalue weighted by Gasteiger charge is -2.35. The van der Waals surface area contributed by atoms with E-state index in [4.69, 9.17) is 9.47 Å². The molecule has 0 bridgehead atoms. The molecule has 2 amide bonds. The number of nitrogens with one attached hydrogen (secondary N) is 1. The number of urea groups is 1. The lowest BCUT2D eigenvalue weighted by atomic mass is 9.94. The van der Waals surface area contributed by atoms with Gasteiger partial charge in [0.25, 0.3) is 0 Å². The molecule has 1 atom stereocenters. The standard InChI is InChI=1S/C17H24N2O3/c1-11-5-12-6-14-15(22-10-21-14)7-13(12)8-19(11)16(20)18-9-17(2,3)4/h6-7,11H,5,8-10H2,1-4H3,(H,18,20). The number of rotatable bonds is 1. The van der Waals surface area contributed by atoms with E-state index in [2.05, 4.69) is 39.1 Å². The third kappa shape index (κ3) is 2.98. The van der Waals surface area contributed by atoms with Crippen LogP contribution >= 0.6 is 0 Å². The Balaban J connectivity index is 1.75. The number of nitrogens with zero attached hydrogens (tertiary/aromatic N) is 1. The number of carbonyl (C=O) groups is 1. The normalized spacial score (nSPS) is 19.8. The molecule has 2 aliphatic heterocycles. The number of amides is 2. The van der Waals surface area contributed by atoms with Crippen LogP contribution in [0.25, 0.3) is 0 Å². The SMILES string of the molecule is CC1Cc2cc3c(cc2CN1C(=O)NCC(C)(C)C)OCO3. The maximum atomic E-state index is 12.5. The summed E-state index contributed by atoms with van der Waals surface area (Å²) in [7, 11) is 0. The van der Waals surface area contributed by atoms with Crippen LogP contribution in [0, 0.1) is 5.41 Å². The molecule has 0 saturated heterocycles. The van der Waals surface area contributed by atoms with Crippen molar-refractivity contribution in [2.24, 2.45) is 5.41 Å². The Morgan fingerprint density at radius 1 is 1.27 bits per heavy atom. The number of hydrogen-bond donors (Lipinski definition) is 1. The highest BCUT2D eigenvalue weighted by molar-refractivity contribution is 5.75. The fourth-order valence-corrected chi connectivity index (χ4v) is 2.85. The van der Waals surface area contributed by atoms with E-state index in [9.17, 15) is 4.79 Å². The van der Waals surface area contributed by atoms with Crippen molar-refractivity contribution in [1.29, 1.82) is 0 Å². The van der Waals surface area contributed by atoms with Gasteiger partial charge in [-0.05, 0) is 42.0 Å². The molecule has 5 nitrogen and oxygen atoms in total. The van der Waals surface area contributed by atoms with Gasteiger partial charge in [-0.1, -0.05) is 20.8 Å². The topological polar surface area (TPSA) is 50.8 Å². The minimum absolute atomic E-state index is 0.00532. The van der Waals surface area contributed by atoms with E-state index in [-0.39, 0.29) is 24.3 Å². The first-order valence-electron chi connectivity index (χ1n) is 7.79. The molecule has 120 valence electrons. The minimum atomic E-state index is 0.00532. The van der Waals surface area contributed by atoms with Gasteiger partial charge in [-0.25, -0.2) is 4.79 Å². The van der Waals surface area contributed by atoms with Gasteiger partial charge in [0.1, 0.15) is 0 Å². The predicted molar refractivity (Wildman–Crippen MR) is 84.1 cm³/mol. The molecule has 0 aliphatic carbocycles. The Bertz CT molecular complexity index is 592. The van der Waals surface area contributed by atoms with E-state index in [1.54, 1.807) is 0 Å². The summed E-state index contributed by atoms with van der Waals surface area (Å²) >= 11 is 0. The minimum Gasteiger partial charge on any atom is -0.454 e. The van der Waals surface area contributed by atoms with Gasteiger partial charge in [0.15, 0.2) is 11.5 Å². The Morgan fingerprint density at radius 2 is 1.91 bits per heavy atom. The molecule has 22 heavy (non-hydrogen) atoms. The van der Waals surface area contributed by atoms with E-state index in [1.807, 2.05) is 11.0 Å². The van der Waals surface area contributed by atoms with Crippen molar-refractivity contribution in [2.45, 2.75) is 46.7 Å². The van der Waals surface area contributed by atoms with Gasteiger partial charge < -0.3 is 19.7 Å². The van der Waals surface area contributed by atoms with Crippen molar-refractivity contribution in [1.82, 2.24) is 10.2 Å². The summed E-state index contributed by atoms with van der Waals surface area (Å²) in [6, 6.07) is 4.24. The molecular weight excluding hydrogens is 280 g/mol. The van der Waals surface area contributed by atoms with Crippen molar-refractivity contribution in [3.63, 3.8) is 0 Å². The van der Waals surface area contributed by atoms with Crippen LogP contribution in [0.15, 0.2) is 12.1 Å². The van der Waals surface area contributed by atoms with Crippen LogP contribution in [0.4, 0.5) is 4.79 Å². The maximum absolute atomic E-state index is 12.5. The summed E-state index contributed by atoms with van der Waals surface area (Å²) in [5, 5.41) is 3.04. The molecule has 0 radical (unpaired) electrons. The zero-order chi connectivity index (χ0) is 15.9. The zero-order valence-corrected chi connectivity index (χ0v) is 13.7. The molecule has 0 aromatic heterocycles. The molecular formula is C17H24N2O3. The van der Waals surface area contributed by atoms with Gasteiger partial charge in [0, 0.05) is 19.1 Å². The monoisotopic (exact) mass is 304 g/mol. The number of fused-ring (bicyclic) bond motifs is 2. The second kappa shape index (κ2) is 5.38. The number of benzene rings is 1. The first kappa shape index (κ1) is 15.0. The van der Waals surface area contributed by atoms with Crippen molar-refractivity contribution in [3.05, 3.63) is 23.3 Å². The van der Waals surface area contributed by atoms with Gasteiger partial charge in [0.2, 0.25) is 6.79 Å². The molecule has 0 spiro atoms. The smallest absolute Gasteiger partial charge is 0.317 e. The Hall–Kier alpha value is -1.91. The lowest BCUT2D eigenvalue weighted by molar-refractivity contribution is 0.165. The average molecular weight is 304 g/mol. The molecule has 3 rings (SSSR count). The molecule has 0 fully saturated rings. The van der Waals surface area contributed by atoms with Crippen LogP contribution in [0.1, 0.15) is 38.8 Å². The van der Waals surface area contributed by atoms with E-state index < -0.39 is 0 Å². The first-order valence-corrected chi connectivity index (χ1v) is 7.79. The van der Waals surface area contributed by atoms with Crippen LogP contribution in [0.3, 0.4) is 0 Å². The van der Waals surface area contributed by atoms with Gasteiger partial charge >= 0.3 is 6.03 Å². The lowest BCUT2D eigenvalue weighted by Crippen LogP contribution is -2.49. The largest absolute Gasteiger partial charge is 0.454 e. The summed E-state index contributed by atoms with van der Waals surface area (Å²) in [5.74, 6) is 1.60. The molecule has 1 aromatic carbocycles. The van der Waals surface area contributed by atoms with Gasteiger partial charge in [0.05, 0.1) is 0 Å². The molecule has 5 heteroatoms. The Labute approximate surface area is 131 Å². The number of hydrogen-bond acceptors (Lipinski definition) is 3. The quantitative estimate of drug-likeness (QED) is 0.868. The highest BCUT2D eigenvalue weighted by atomic mass is 16.7. The fourth-order valence-electron chi connectivity index (χ4n) is 2.85. The van der Waals surface area contributed by atoms with Crippen molar-refractivity contribution in [3.8, 4) is 11.5 Å². The third-order valence-electron chi connectivity index (χ3n) is 4.11. The highest BCUT2D eigenvalue weighted by Gasteiger charge is 2.29. The summed E-state index contributed by atoms with van der Waals surface area (Å²) in [5.41, 5.74) is 2.48. The zero-order valence-electron chi connectivity index (χ0n) is 13.7. The Morgan fingerprint density at radius 3 is 2.55 bits per heavy atom. The van der Waals surface area contributed by atoms with Gasteiger partial charge in [-0.3, -0.25) is 0 Å². The first-order chi connectivity index (χ1) is 10.3. The van der Waals surface area contributed by atoms with Crippen LogP contribution in [-0.4, -0.2) is 30.3 Å². The summed E-state index contributed by atoms with van der Waals surface area (Å²) in [6.45, 7) is 9.99. The fraction of sp³-hybridized carbons (Fsp3) is 0.588. The van der Waals surface area contributed by atoms with Crippen molar-refractivity contribution < 1.29 is 14.3 Å². The van der Waals surface area contributed by atoms with Crippen LogP contribution < -0.4 is 14.8 Å². The van der Waals surface area contributed by atoms with Crippen molar-refractivity contribution >= 4 is 6.03 Å². The third-order valence-corrected chi connectivity index (χ3v) is 4.11. The molecule has 2 aliphatic rings. The van der Waals surface area contributed by atoms with E-state index >= 15 is 0 Å². The second-order valence-electron chi connectivity index (χ2n) is 7.37.